The van der Waals surface area contributed by atoms with Crippen molar-refractivity contribution in [1.82, 2.24) is 15.0 Å². The van der Waals surface area contributed by atoms with Crippen LogP contribution in [0.3, 0.4) is 0 Å². The molecule has 0 aliphatic rings. The van der Waals surface area contributed by atoms with Gasteiger partial charge < -0.3 is 4.42 Å². The zero-order valence-electron chi connectivity index (χ0n) is 28.6. The quantitative estimate of drug-likeness (QED) is 0.176. The summed E-state index contributed by atoms with van der Waals surface area (Å²) in [6.45, 7) is 0. The molecule has 0 aliphatic heterocycles. The first-order valence-corrected chi connectivity index (χ1v) is 17.8. The van der Waals surface area contributed by atoms with Crippen molar-refractivity contribution >= 4 is 32.7 Å². The van der Waals surface area contributed by atoms with Gasteiger partial charge in [0.05, 0.1) is 5.56 Å². The first-order chi connectivity index (χ1) is 26.2. The van der Waals surface area contributed by atoms with E-state index >= 15 is 0 Å². The molecule has 0 spiro atoms. The van der Waals surface area contributed by atoms with Crippen LogP contribution in [0, 0.1) is 0 Å². The number of nitrogens with zero attached hydrogens (tertiary/aromatic N) is 3. The van der Waals surface area contributed by atoms with Crippen LogP contribution in [0.5, 0.6) is 0 Å². The number of rotatable bonds is 6. The van der Waals surface area contributed by atoms with Crippen molar-refractivity contribution in [3.63, 3.8) is 0 Å². The van der Waals surface area contributed by atoms with E-state index in [1.54, 1.807) is 0 Å². The van der Waals surface area contributed by atoms with Gasteiger partial charge >= 0.3 is 0 Å². The maximum Gasteiger partial charge on any atom is 0.167 e. The zero-order chi connectivity index (χ0) is 35.1. The van der Waals surface area contributed by atoms with E-state index in [1.807, 2.05) is 36.4 Å². The first-order valence-electron chi connectivity index (χ1n) is 17.8. The van der Waals surface area contributed by atoms with Gasteiger partial charge in [0, 0.05) is 21.9 Å². The number of furan rings is 1. The largest absolute Gasteiger partial charge is 0.455 e. The van der Waals surface area contributed by atoms with Crippen molar-refractivity contribution in [3.8, 4) is 67.5 Å². The van der Waals surface area contributed by atoms with Crippen LogP contribution in [0.2, 0.25) is 0 Å². The number of hydrogen-bond donors (Lipinski definition) is 0. The fourth-order valence-corrected chi connectivity index (χ4v) is 7.20. The lowest BCUT2D eigenvalue weighted by atomic mass is 9.93. The number of aromatic nitrogens is 3. The third-order valence-corrected chi connectivity index (χ3v) is 9.90. The Hall–Kier alpha value is -7.17. The second-order valence-corrected chi connectivity index (χ2v) is 13.3. The molecule has 10 rings (SSSR count). The van der Waals surface area contributed by atoms with E-state index in [2.05, 4.69) is 152 Å². The second-order valence-electron chi connectivity index (χ2n) is 13.3. The van der Waals surface area contributed by atoms with Crippen molar-refractivity contribution in [2.45, 2.75) is 0 Å². The molecule has 0 radical (unpaired) electrons. The van der Waals surface area contributed by atoms with Crippen molar-refractivity contribution in [2.24, 2.45) is 0 Å². The zero-order valence-corrected chi connectivity index (χ0v) is 28.6. The minimum Gasteiger partial charge on any atom is -0.455 e. The van der Waals surface area contributed by atoms with Gasteiger partial charge in [-0.1, -0.05) is 152 Å². The molecule has 0 fully saturated rings. The third kappa shape index (κ3) is 5.73. The summed E-state index contributed by atoms with van der Waals surface area (Å²) in [5, 5.41) is 4.42. The molecule has 0 saturated heterocycles. The molecule has 4 nitrogen and oxygen atoms in total. The van der Waals surface area contributed by atoms with Gasteiger partial charge in [-0.3, -0.25) is 0 Å². The molecular formula is C49H31N3O. The van der Waals surface area contributed by atoms with Gasteiger partial charge in [-0.05, 0) is 80.6 Å². The third-order valence-electron chi connectivity index (χ3n) is 9.90. The predicted octanol–water partition coefficient (Wildman–Crippen LogP) is 12.9. The molecule has 0 N–H and O–H groups in total. The van der Waals surface area contributed by atoms with E-state index in [-0.39, 0.29) is 0 Å². The predicted molar refractivity (Wildman–Crippen MR) is 217 cm³/mol. The number of benzene rings is 8. The van der Waals surface area contributed by atoms with E-state index in [4.69, 9.17) is 19.4 Å². The highest BCUT2D eigenvalue weighted by atomic mass is 16.3. The molecule has 2 heterocycles. The lowest BCUT2D eigenvalue weighted by Crippen LogP contribution is -2.00. The van der Waals surface area contributed by atoms with Crippen LogP contribution in [0.1, 0.15) is 0 Å². The summed E-state index contributed by atoms with van der Waals surface area (Å²) in [5.74, 6) is 1.77. The molecule has 10 aromatic rings. The average Bonchev–Trinajstić information content (AvgIpc) is 3.61. The Labute approximate surface area is 306 Å². The molecule has 0 aliphatic carbocycles. The Kier molecular flexibility index (Phi) is 7.43. The van der Waals surface area contributed by atoms with E-state index in [0.29, 0.717) is 17.5 Å². The molecule has 0 saturated carbocycles. The fraction of sp³-hybridized carbons (Fsp3) is 0. The molecule has 0 unspecified atom stereocenters. The van der Waals surface area contributed by atoms with Crippen LogP contribution in [0.15, 0.2) is 192 Å². The van der Waals surface area contributed by atoms with E-state index in [0.717, 1.165) is 55.1 Å². The number of para-hydroxylation sites is 1. The summed E-state index contributed by atoms with van der Waals surface area (Å²) in [6.07, 6.45) is 0. The summed E-state index contributed by atoms with van der Waals surface area (Å²) in [7, 11) is 0. The minimum atomic E-state index is 0.565. The Morgan fingerprint density at radius 3 is 1.34 bits per heavy atom. The molecular weight excluding hydrogens is 647 g/mol. The number of fused-ring (bicyclic) bond motifs is 4. The highest BCUT2D eigenvalue weighted by molar-refractivity contribution is 6.13. The highest BCUT2D eigenvalue weighted by Crippen LogP contribution is 2.38. The Balaban J connectivity index is 1.10. The summed E-state index contributed by atoms with van der Waals surface area (Å²) < 4.78 is 6.58. The smallest absolute Gasteiger partial charge is 0.167 e. The van der Waals surface area contributed by atoms with E-state index < -0.39 is 0 Å². The van der Waals surface area contributed by atoms with Crippen molar-refractivity contribution < 1.29 is 4.42 Å². The van der Waals surface area contributed by atoms with Crippen LogP contribution in [0.25, 0.3) is 100 Å². The van der Waals surface area contributed by atoms with Crippen LogP contribution in [0.4, 0.5) is 0 Å². The van der Waals surface area contributed by atoms with Crippen LogP contribution in [-0.2, 0) is 0 Å². The Morgan fingerprint density at radius 2 is 0.755 bits per heavy atom. The fourth-order valence-electron chi connectivity index (χ4n) is 7.20. The second kappa shape index (κ2) is 12.9. The topological polar surface area (TPSA) is 51.8 Å². The molecule has 2 aromatic heterocycles. The van der Waals surface area contributed by atoms with Gasteiger partial charge in [0.15, 0.2) is 17.5 Å². The van der Waals surface area contributed by atoms with Crippen molar-refractivity contribution in [1.29, 1.82) is 0 Å². The Morgan fingerprint density at radius 1 is 0.302 bits per heavy atom. The highest BCUT2D eigenvalue weighted by Gasteiger charge is 2.18. The van der Waals surface area contributed by atoms with E-state index in [1.165, 1.54) is 27.6 Å². The van der Waals surface area contributed by atoms with Gasteiger partial charge in [-0.25, -0.2) is 15.0 Å². The number of hydrogen-bond acceptors (Lipinski definition) is 4. The van der Waals surface area contributed by atoms with Gasteiger partial charge in [0.1, 0.15) is 11.2 Å². The molecule has 248 valence electrons. The van der Waals surface area contributed by atoms with Crippen LogP contribution >= 0.6 is 0 Å². The normalized spacial score (nSPS) is 11.4. The molecule has 0 amide bonds. The molecule has 4 heteroatoms. The standard InChI is InChI=1S/C49H31N3O/c1-4-13-32(14-5-1)39-27-40(33-15-6-2-7-16-33)29-41(28-39)34-23-25-36(26-24-34)48-50-47(35-17-8-3-9-18-35)51-49(52-48)43-22-12-21-42-44-30-37-19-10-11-20-38(37)31-45(44)53-46(42)43/h1-31H. The summed E-state index contributed by atoms with van der Waals surface area (Å²) in [6, 6.07) is 65.4. The minimum absolute atomic E-state index is 0.565. The maximum absolute atomic E-state index is 6.58. The summed E-state index contributed by atoms with van der Waals surface area (Å²) in [5.41, 5.74) is 11.2. The molecule has 0 atom stereocenters. The van der Waals surface area contributed by atoms with Crippen LogP contribution in [-0.4, -0.2) is 15.0 Å². The monoisotopic (exact) mass is 677 g/mol. The van der Waals surface area contributed by atoms with Gasteiger partial charge in [-0.2, -0.15) is 0 Å². The molecule has 0 bridgehead atoms. The average molecular weight is 678 g/mol. The van der Waals surface area contributed by atoms with Crippen molar-refractivity contribution in [2.75, 3.05) is 0 Å². The van der Waals surface area contributed by atoms with Gasteiger partial charge in [0.2, 0.25) is 0 Å². The van der Waals surface area contributed by atoms with Gasteiger partial charge in [-0.15, -0.1) is 0 Å². The Bertz CT molecular complexity index is 2860. The SMILES string of the molecule is c1ccc(-c2cc(-c3ccccc3)cc(-c3ccc(-c4nc(-c5ccccc5)nc(-c5cccc6c5oc5cc7ccccc7cc56)n4)cc3)c2)cc1. The summed E-state index contributed by atoms with van der Waals surface area (Å²) in [4.78, 5) is 15.2. The first kappa shape index (κ1) is 30.6. The van der Waals surface area contributed by atoms with Crippen molar-refractivity contribution in [3.05, 3.63) is 188 Å². The summed E-state index contributed by atoms with van der Waals surface area (Å²) >= 11 is 0. The van der Waals surface area contributed by atoms with Crippen LogP contribution < -0.4 is 0 Å². The molecule has 53 heavy (non-hydrogen) atoms. The lowest BCUT2D eigenvalue weighted by molar-refractivity contribution is 0.670. The lowest BCUT2D eigenvalue weighted by Gasteiger charge is -2.12. The molecule has 8 aromatic carbocycles. The van der Waals surface area contributed by atoms with Gasteiger partial charge in [0.25, 0.3) is 0 Å². The van der Waals surface area contributed by atoms with E-state index in [9.17, 15) is 0 Å². The maximum atomic E-state index is 6.58.